The fourth-order valence-corrected chi connectivity index (χ4v) is 3.62. The molecular formula is C14H24N2S. The number of nitrogens with one attached hydrogen (secondary N) is 1. The molecule has 1 heterocycles. The van der Waals surface area contributed by atoms with Gasteiger partial charge in [-0.3, -0.25) is 0 Å². The highest BCUT2D eigenvalue weighted by atomic mass is 32.1. The predicted molar refractivity (Wildman–Crippen MR) is 74.4 cm³/mol. The predicted octanol–water partition coefficient (Wildman–Crippen LogP) is 4.07. The molecule has 0 bridgehead atoms. The molecule has 0 radical (unpaired) electrons. The second-order valence-electron chi connectivity index (χ2n) is 5.40. The van der Waals surface area contributed by atoms with Gasteiger partial charge in [-0.05, 0) is 39.5 Å². The number of thiazole rings is 1. The first-order valence-electron chi connectivity index (χ1n) is 6.85. The molecule has 3 heteroatoms. The molecule has 0 spiro atoms. The standard InChI is InChI=1S/C14H24N2S/c1-10-9-17-14(15-10)12(3)16-11(2)13-7-5-4-6-8-13/h9,11-13,16H,4-8H2,1-3H3. The van der Waals surface area contributed by atoms with Gasteiger partial charge in [0.15, 0.2) is 0 Å². The maximum Gasteiger partial charge on any atom is 0.110 e. The van der Waals surface area contributed by atoms with E-state index in [0.717, 1.165) is 11.6 Å². The SMILES string of the molecule is Cc1csc(C(C)NC(C)C2CCCCC2)n1. The summed E-state index contributed by atoms with van der Waals surface area (Å²) in [4.78, 5) is 4.56. The second kappa shape index (κ2) is 5.96. The first-order chi connectivity index (χ1) is 8.16. The summed E-state index contributed by atoms with van der Waals surface area (Å²) in [6, 6.07) is 1.01. The molecule has 1 N–H and O–H groups in total. The summed E-state index contributed by atoms with van der Waals surface area (Å²) in [5.74, 6) is 0.868. The van der Waals surface area contributed by atoms with Crippen LogP contribution in [0.2, 0.25) is 0 Å². The van der Waals surface area contributed by atoms with Gasteiger partial charge in [-0.2, -0.15) is 0 Å². The zero-order chi connectivity index (χ0) is 12.3. The second-order valence-corrected chi connectivity index (χ2v) is 6.29. The molecule has 96 valence electrons. The maximum atomic E-state index is 4.56. The third-order valence-corrected chi connectivity index (χ3v) is 5.02. The van der Waals surface area contributed by atoms with E-state index >= 15 is 0 Å². The lowest BCUT2D eigenvalue weighted by molar-refractivity contribution is 0.268. The summed E-state index contributed by atoms with van der Waals surface area (Å²) in [5.41, 5.74) is 1.14. The normalized spacial score (nSPS) is 21.4. The Kier molecular flexibility index (Phi) is 4.57. The molecule has 1 aliphatic rings. The van der Waals surface area contributed by atoms with Gasteiger partial charge in [0.25, 0.3) is 0 Å². The van der Waals surface area contributed by atoms with E-state index in [1.807, 2.05) is 0 Å². The zero-order valence-electron chi connectivity index (χ0n) is 11.2. The van der Waals surface area contributed by atoms with Crippen LogP contribution in [0.15, 0.2) is 5.38 Å². The van der Waals surface area contributed by atoms with E-state index < -0.39 is 0 Å². The number of hydrogen-bond donors (Lipinski definition) is 1. The number of rotatable bonds is 4. The molecule has 1 aromatic rings. The lowest BCUT2D eigenvalue weighted by atomic mass is 9.84. The van der Waals surface area contributed by atoms with Crippen molar-refractivity contribution >= 4 is 11.3 Å². The Labute approximate surface area is 109 Å². The van der Waals surface area contributed by atoms with E-state index in [2.05, 4.69) is 36.5 Å². The Hall–Kier alpha value is -0.410. The van der Waals surface area contributed by atoms with Crippen molar-refractivity contribution < 1.29 is 0 Å². The molecule has 0 aliphatic heterocycles. The highest BCUT2D eigenvalue weighted by Gasteiger charge is 2.22. The molecule has 2 rings (SSSR count). The Bertz CT molecular complexity index is 342. The fraction of sp³-hybridized carbons (Fsp3) is 0.786. The van der Waals surface area contributed by atoms with Crippen LogP contribution in [-0.4, -0.2) is 11.0 Å². The van der Waals surface area contributed by atoms with Gasteiger partial charge in [0.2, 0.25) is 0 Å². The summed E-state index contributed by atoms with van der Waals surface area (Å²) < 4.78 is 0. The smallest absolute Gasteiger partial charge is 0.110 e. The molecule has 0 aromatic carbocycles. The number of aryl methyl sites for hydroxylation is 1. The summed E-state index contributed by atoms with van der Waals surface area (Å²) in [5, 5.41) is 7.09. The van der Waals surface area contributed by atoms with E-state index in [0.29, 0.717) is 12.1 Å². The minimum absolute atomic E-state index is 0.394. The van der Waals surface area contributed by atoms with Gasteiger partial charge in [0, 0.05) is 17.1 Å². The van der Waals surface area contributed by atoms with E-state index in [-0.39, 0.29) is 0 Å². The minimum atomic E-state index is 0.394. The first kappa shape index (κ1) is 13.0. The van der Waals surface area contributed by atoms with Crippen LogP contribution in [0, 0.1) is 12.8 Å². The van der Waals surface area contributed by atoms with Crippen LogP contribution in [0.4, 0.5) is 0 Å². The molecule has 1 aliphatic carbocycles. The van der Waals surface area contributed by atoms with Crippen LogP contribution >= 0.6 is 11.3 Å². The Morgan fingerprint density at radius 3 is 2.59 bits per heavy atom. The average Bonchev–Trinajstić information content (AvgIpc) is 2.77. The average molecular weight is 252 g/mol. The molecule has 1 saturated carbocycles. The monoisotopic (exact) mass is 252 g/mol. The van der Waals surface area contributed by atoms with Crippen molar-refractivity contribution in [2.24, 2.45) is 5.92 Å². The number of aromatic nitrogens is 1. The van der Waals surface area contributed by atoms with Crippen molar-refractivity contribution in [1.82, 2.24) is 10.3 Å². The highest BCUT2D eigenvalue weighted by Crippen LogP contribution is 2.28. The summed E-state index contributed by atoms with van der Waals surface area (Å²) in [6.45, 7) is 6.64. The van der Waals surface area contributed by atoms with Gasteiger partial charge in [-0.25, -0.2) is 4.98 Å². The molecule has 1 aromatic heterocycles. The van der Waals surface area contributed by atoms with Crippen molar-refractivity contribution in [3.05, 3.63) is 16.1 Å². The first-order valence-corrected chi connectivity index (χ1v) is 7.73. The van der Waals surface area contributed by atoms with Crippen molar-refractivity contribution in [3.8, 4) is 0 Å². The van der Waals surface area contributed by atoms with Gasteiger partial charge in [0.05, 0.1) is 6.04 Å². The fourth-order valence-electron chi connectivity index (χ4n) is 2.81. The minimum Gasteiger partial charge on any atom is -0.305 e. The summed E-state index contributed by atoms with van der Waals surface area (Å²) in [7, 11) is 0. The lowest BCUT2D eigenvalue weighted by Crippen LogP contribution is -2.36. The van der Waals surface area contributed by atoms with E-state index in [1.54, 1.807) is 11.3 Å². The van der Waals surface area contributed by atoms with Crippen LogP contribution in [0.1, 0.15) is 62.7 Å². The third-order valence-electron chi connectivity index (χ3n) is 3.88. The van der Waals surface area contributed by atoms with Gasteiger partial charge in [0.1, 0.15) is 5.01 Å². The van der Waals surface area contributed by atoms with Crippen LogP contribution in [0.3, 0.4) is 0 Å². The van der Waals surface area contributed by atoms with Crippen molar-refractivity contribution in [1.29, 1.82) is 0 Å². The van der Waals surface area contributed by atoms with Gasteiger partial charge in [-0.1, -0.05) is 19.3 Å². The maximum absolute atomic E-state index is 4.56. The topological polar surface area (TPSA) is 24.9 Å². The van der Waals surface area contributed by atoms with Crippen LogP contribution < -0.4 is 5.32 Å². The molecule has 0 saturated heterocycles. The molecule has 1 fully saturated rings. The molecular weight excluding hydrogens is 228 g/mol. The number of hydrogen-bond acceptors (Lipinski definition) is 3. The van der Waals surface area contributed by atoms with Gasteiger partial charge in [-0.15, -0.1) is 11.3 Å². The highest BCUT2D eigenvalue weighted by molar-refractivity contribution is 7.09. The zero-order valence-corrected chi connectivity index (χ0v) is 12.0. The number of nitrogens with zero attached hydrogens (tertiary/aromatic N) is 1. The van der Waals surface area contributed by atoms with Crippen LogP contribution in [0.5, 0.6) is 0 Å². The van der Waals surface area contributed by atoms with Gasteiger partial charge < -0.3 is 5.32 Å². The van der Waals surface area contributed by atoms with E-state index in [9.17, 15) is 0 Å². The van der Waals surface area contributed by atoms with Crippen LogP contribution in [0.25, 0.3) is 0 Å². The molecule has 17 heavy (non-hydrogen) atoms. The quantitative estimate of drug-likeness (QED) is 0.873. The largest absolute Gasteiger partial charge is 0.305 e. The third kappa shape index (κ3) is 3.52. The van der Waals surface area contributed by atoms with Crippen molar-refractivity contribution in [2.45, 2.75) is 65.0 Å². The lowest BCUT2D eigenvalue weighted by Gasteiger charge is -2.30. The molecule has 2 atom stereocenters. The molecule has 2 unspecified atom stereocenters. The van der Waals surface area contributed by atoms with Crippen molar-refractivity contribution in [3.63, 3.8) is 0 Å². The molecule has 2 nitrogen and oxygen atoms in total. The summed E-state index contributed by atoms with van der Waals surface area (Å²) in [6.07, 6.45) is 7.07. The molecule has 0 amide bonds. The Morgan fingerprint density at radius 1 is 1.29 bits per heavy atom. The Balaban J connectivity index is 1.87. The van der Waals surface area contributed by atoms with Crippen molar-refractivity contribution in [2.75, 3.05) is 0 Å². The Morgan fingerprint density at radius 2 is 2.00 bits per heavy atom. The van der Waals surface area contributed by atoms with E-state index in [4.69, 9.17) is 0 Å². The van der Waals surface area contributed by atoms with E-state index in [1.165, 1.54) is 37.1 Å². The summed E-state index contributed by atoms with van der Waals surface area (Å²) >= 11 is 1.77. The van der Waals surface area contributed by atoms with Crippen LogP contribution in [-0.2, 0) is 0 Å². The van der Waals surface area contributed by atoms with Gasteiger partial charge >= 0.3 is 0 Å².